The Labute approximate surface area is 147 Å². The van der Waals surface area contributed by atoms with Crippen molar-refractivity contribution >= 4 is 11.3 Å². The maximum absolute atomic E-state index is 14.1. The highest BCUT2D eigenvalue weighted by Crippen LogP contribution is 2.47. The zero-order valence-electron chi connectivity index (χ0n) is 12.9. The highest BCUT2D eigenvalue weighted by Gasteiger charge is 2.34. The van der Waals surface area contributed by atoms with E-state index in [0.717, 1.165) is 10.4 Å². The van der Waals surface area contributed by atoms with Crippen molar-refractivity contribution in [1.29, 1.82) is 5.26 Å². The first kappa shape index (κ1) is 15.4. The lowest BCUT2D eigenvalue weighted by Crippen LogP contribution is -2.20. The first-order chi connectivity index (χ1) is 12.2. The highest BCUT2D eigenvalue weighted by atomic mass is 32.1. The summed E-state index contributed by atoms with van der Waals surface area (Å²) in [7, 11) is 0. The Hall–Kier alpha value is -3.17. The summed E-state index contributed by atoms with van der Waals surface area (Å²) in [6.07, 6.45) is 0. The second-order valence-corrected chi connectivity index (χ2v) is 6.53. The van der Waals surface area contributed by atoms with Gasteiger partial charge in [0.25, 0.3) is 0 Å². The van der Waals surface area contributed by atoms with E-state index in [-0.39, 0.29) is 17.6 Å². The molecule has 0 bridgehead atoms. The van der Waals surface area contributed by atoms with E-state index in [1.165, 1.54) is 17.4 Å². The van der Waals surface area contributed by atoms with Crippen LogP contribution in [-0.2, 0) is 0 Å². The predicted octanol–water partition coefficient (Wildman–Crippen LogP) is 4.17. The van der Waals surface area contributed by atoms with Gasteiger partial charge in [0.2, 0.25) is 11.8 Å². The van der Waals surface area contributed by atoms with E-state index in [1.807, 2.05) is 30.3 Å². The summed E-state index contributed by atoms with van der Waals surface area (Å²) in [6.45, 7) is 0. The Morgan fingerprint density at radius 2 is 1.84 bits per heavy atom. The molecular weight excluding hydrogens is 337 g/mol. The third-order valence-corrected chi connectivity index (χ3v) is 5.14. The van der Waals surface area contributed by atoms with Gasteiger partial charge in [-0.2, -0.15) is 5.26 Å². The number of halogens is 1. The molecule has 0 spiro atoms. The van der Waals surface area contributed by atoms with E-state index in [9.17, 15) is 9.65 Å². The molecule has 2 heterocycles. The molecule has 1 aliphatic rings. The van der Waals surface area contributed by atoms with Gasteiger partial charge in [-0.25, -0.2) is 9.37 Å². The van der Waals surface area contributed by atoms with Crippen molar-refractivity contribution in [1.82, 2.24) is 4.98 Å². The van der Waals surface area contributed by atoms with Gasteiger partial charge < -0.3 is 10.5 Å². The Morgan fingerprint density at radius 3 is 2.56 bits per heavy atom. The van der Waals surface area contributed by atoms with Gasteiger partial charge >= 0.3 is 0 Å². The van der Waals surface area contributed by atoms with Gasteiger partial charge in [-0.1, -0.05) is 42.5 Å². The van der Waals surface area contributed by atoms with Crippen LogP contribution in [0.2, 0.25) is 0 Å². The number of nitriles is 1. The number of hydrogen-bond acceptors (Lipinski definition) is 5. The molecule has 122 valence electrons. The third-order valence-electron chi connectivity index (χ3n) is 4.00. The summed E-state index contributed by atoms with van der Waals surface area (Å²) in [6, 6.07) is 18.1. The molecule has 0 saturated carbocycles. The maximum Gasteiger partial charge on any atom is 0.236 e. The second kappa shape index (κ2) is 6.04. The van der Waals surface area contributed by atoms with Crippen LogP contribution in [0.15, 0.2) is 66.1 Å². The maximum atomic E-state index is 14.1. The topological polar surface area (TPSA) is 71.9 Å². The van der Waals surface area contributed by atoms with Crippen molar-refractivity contribution in [2.75, 3.05) is 0 Å². The number of hydrogen-bond donors (Lipinski definition) is 1. The molecular formula is C19H12FN3OS. The molecule has 4 rings (SSSR count). The molecule has 4 nitrogen and oxygen atoms in total. The van der Waals surface area contributed by atoms with Crippen LogP contribution in [0, 0.1) is 17.1 Å². The highest BCUT2D eigenvalue weighted by molar-refractivity contribution is 7.15. The van der Waals surface area contributed by atoms with Crippen LogP contribution >= 0.6 is 11.3 Å². The minimum atomic E-state index is -0.368. The summed E-state index contributed by atoms with van der Waals surface area (Å²) in [5.74, 6) is -0.359. The van der Waals surface area contributed by atoms with Gasteiger partial charge in [-0.15, -0.1) is 11.3 Å². The van der Waals surface area contributed by atoms with E-state index in [0.29, 0.717) is 22.0 Å². The molecule has 2 aromatic carbocycles. The molecule has 6 heteroatoms. The molecule has 3 aromatic rings. The normalized spacial score (nSPS) is 16.1. The van der Waals surface area contributed by atoms with Gasteiger partial charge in [-0.3, -0.25) is 0 Å². The molecule has 0 radical (unpaired) electrons. The first-order valence-corrected chi connectivity index (χ1v) is 8.39. The SMILES string of the molecule is N#CC1=C(N)Oc2nc(-c3ccccc3F)sc2[C@@H]1c1ccccc1. The molecule has 0 unspecified atom stereocenters. The minimum absolute atomic E-state index is 0.0363. The number of nitrogens with zero attached hydrogens (tertiary/aromatic N) is 2. The average molecular weight is 349 g/mol. The Bertz CT molecular complexity index is 1020. The number of rotatable bonds is 2. The lowest BCUT2D eigenvalue weighted by molar-refractivity contribution is 0.383. The summed E-state index contributed by atoms with van der Waals surface area (Å²) in [4.78, 5) is 5.16. The van der Waals surface area contributed by atoms with E-state index in [2.05, 4.69) is 11.1 Å². The molecule has 1 aromatic heterocycles. The number of nitrogens with two attached hydrogens (primary N) is 1. The molecule has 0 saturated heterocycles. The van der Waals surface area contributed by atoms with Gasteiger partial charge in [-0.05, 0) is 17.7 Å². The fourth-order valence-electron chi connectivity index (χ4n) is 2.84. The number of aromatic nitrogens is 1. The summed E-state index contributed by atoms with van der Waals surface area (Å²) in [5.41, 5.74) is 7.58. The van der Waals surface area contributed by atoms with Crippen LogP contribution in [-0.4, -0.2) is 4.98 Å². The summed E-state index contributed by atoms with van der Waals surface area (Å²) in [5, 5.41) is 10.0. The zero-order chi connectivity index (χ0) is 17.4. The number of fused-ring (bicyclic) bond motifs is 1. The van der Waals surface area contributed by atoms with Crippen molar-refractivity contribution < 1.29 is 9.13 Å². The Balaban J connectivity index is 1.89. The van der Waals surface area contributed by atoms with E-state index in [4.69, 9.17) is 10.5 Å². The van der Waals surface area contributed by atoms with E-state index in [1.54, 1.807) is 18.2 Å². The van der Waals surface area contributed by atoms with Crippen LogP contribution in [0.1, 0.15) is 16.4 Å². The van der Waals surface area contributed by atoms with Crippen LogP contribution in [0.3, 0.4) is 0 Å². The quantitative estimate of drug-likeness (QED) is 0.754. The van der Waals surface area contributed by atoms with Crippen molar-refractivity contribution in [3.05, 3.63) is 82.3 Å². The molecule has 2 N–H and O–H groups in total. The Morgan fingerprint density at radius 1 is 1.12 bits per heavy atom. The monoisotopic (exact) mass is 349 g/mol. The minimum Gasteiger partial charge on any atom is -0.421 e. The lowest BCUT2D eigenvalue weighted by Gasteiger charge is -2.22. The molecule has 25 heavy (non-hydrogen) atoms. The molecule has 0 fully saturated rings. The third kappa shape index (κ3) is 2.55. The fraction of sp³-hybridized carbons (Fsp3) is 0.0526. The molecule has 1 aliphatic heterocycles. The second-order valence-electron chi connectivity index (χ2n) is 5.50. The van der Waals surface area contributed by atoms with Gasteiger partial charge in [0, 0.05) is 5.56 Å². The van der Waals surface area contributed by atoms with Crippen molar-refractivity contribution in [2.24, 2.45) is 5.73 Å². The molecule has 0 aliphatic carbocycles. The lowest BCUT2D eigenvalue weighted by atomic mass is 9.89. The zero-order valence-corrected chi connectivity index (χ0v) is 13.8. The van der Waals surface area contributed by atoms with Gasteiger partial charge in [0.15, 0.2) is 0 Å². The van der Waals surface area contributed by atoms with Crippen LogP contribution in [0.25, 0.3) is 10.6 Å². The van der Waals surface area contributed by atoms with Crippen molar-refractivity contribution in [2.45, 2.75) is 5.92 Å². The summed E-state index contributed by atoms with van der Waals surface area (Å²) < 4.78 is 19.7. The number of benzene rings is 2. The number of thiazole rings is 1. The standard InChI is InChI=1S/C19H12FN3OS/c20-14-9-5-4-8-12(14)19-23-18-16(25-19)15(11-6-2-1-3-7-11)13(10-21)17(22)24-18/h1-9,15H,22H2/t15-/m1/s1. The number of allylic oxidation sites excluding steroid dienone is 1. The van der Waals surface area contributed by atoms with Crippen LogP contribution in [0.4, 0.5) is 4.39 Å². The number of ether oxygens (including phenoxy) is 1. The van der Waals surface area contributed by atoms with Gasteiger partial charge in [0.05, 0.1) is 10.8 Å². The molecule has 0 amide bonds. The average Bonchev–Trinajstić information content (AvgIpc) is 3.04. The molecule has 1 atom stereocenters. The summed E-state index contributed by atoms with van der Waals surface area (Å²) >= 11 is 1.31. The smallest absolute Gasteiger partial charge is 0.236 e. The van der Waals surface area contributed by atoms with Crippen LogP contribution < -0.4 is 10.5 Å². The van der Waals surface area contributed by atoms with Crippen LogP contribution in [0.5, 0.6) is 5.88 Å². The first-order valence-electron chi connectivity index (χ1n) is 7.57. The van der Waals surface area contributed by atoms with E-state index < -0.39 is 0 Å². The largest absolute Gasteiger partial charge is 0.421 e. The van der Waals surface area contributed by atoms with Crippen molar-refractivity contribution in [3.8, 4) is 22.5 Å². The van der Waals surface area contributed by atoms with E-state index >= 15 is 0 Å². The van der Waals surface area contributed by atoms with Gasteiger partial charge in [0.1, 0.15) is 22.5 Å². The van der Waals surface area contributed by atoms with Crippen molar-refractivity contribution in [3.63, 3.8) is 0 Å². The fourth-order valence-corrected chi connectivity index (χ4v) is 4.00. The Kier molecular flexibility index (Phi) is 3.71. The predicted molar refractivity (Wildman–Crippen MR) is 93.2 cm³/mol.